The van der Waals surface area contributed by atoms with Gasteiger partial charge in [0.1, 0.15) is 0 Å². The highest BCUT2D eigenvalue weighted by atomic mass is 14.3. The van der Waals surface area contributed by atoms with E-state index in [0.717, 1.165) is 32.1 Å². The summed E-state index contributed by atoms with van der Waals surface area (Å²) in [5, 5.41) is 25.8. The van der Waals surface area contributed by atoms with Crippen LogP contribution in [-0.4, -0.2) is 0 Å². The van der Waals surface area contributed by atoms with Crippen LogP contribution in [0.1, 0.15) is 45.4 Å². The second kappa shape index (κ2) is 9.04. The predicted octanol–water partition coefficient (Wildman–Crippen LogP) is 3.15. The Morgan fingerprint density at radius 1 is 0.933 bits per heavy atom. The van der Waals surface area contributed by atoms with Gasteiger partial charge in [-0.15, -0.1) is 0 Å². The topological polar surface area (TPSA) is 71.4 Å². The van der Waals surface area contributed by atoms with Gasteiger partial charge in [-0.3, -0.25) is 0 Å². The van der Waals surface area contributed by atoms with E-state index in [1.165, 1.54) is 0 Å². The molecule has 0 aromatic heterocycles. The van der Waals surface area contributed by atoms with E-state index in [2.05, 4.69) is 18.2 Å². The summed E-state index contributed by atoms with van der Waals surface area (Å²) in [5.41, 5.74) is 0. The molecule has 0 fully saturated rings. The van der Waals surface area contributed by atoms with Crippen molar-refractivity contribution < 1.29 is 0 Å². The zero-order valence-corrected chi connectivity index (χ0v) is 9.24. The van der Waals surface area contributed by atoms with E-state index in [1.807, 2.05) is 0 Å². The molecule has 0 aliphatic rings. The Morgan fingerprint density at radius 3 is 2.13 bits per heavy atom. The van der Waals surface area contributed by atoms with Crippen molar-refractivity contribution in [1.82, 2.24) is 0 Å². The summed E-state index contributed by atoms with van der Waals surface area (Å²) in [6, 6.07) is 6.40. The minimum Gasteiger partial charge on any atom is -0.198 e. The average Bonchev–Trinajstić information content (AvgIpc) is 2.27. The van der Waals surface area contributed by atoms with Crippen molar-refractivity contribution >= 4 is 0 Å². The fourth-order valence-electron chi connectivity index (χ4n) is 1.44. The smallest absolute Gasteiger partial charge is 0.0669 e. The molecule has 2 unspecified atom stereocenters. The van der Waals surface area contributed by atoms with Crippen molar-refractivity contribution in [2.24, 2.45) is 11.8 Å². The quantitative estimate of drug-likeness (QED) is 0.596. The Kier molecular flexibility index (Phi) is 8.12. The molecule has 0 aromatic carbocycles. The second-order valence-corrected chi connectivity index (χ2v) is 3.76. The van der Waals surface area contributed by atoms with E-state index in [-0.39, 0.29) is 11.8 Å². The first kappa shape index (κ1) is 13.5. The standard InChI is InChI=1S/C12H17N3/c1-11(9-14)12(10-15)7-5-3-2-4-6-8-13/h11-12H,2-7H2,1H3. The molecular formula is C12H17N3. The first-order valence-corrected chi connectivity index (χ1v) is 5.42. The summed E-state index contributed by atoms with van der Waals surface area (Å²) in [6.07, 6.45) is 5.45. The maximum Gasteiger partial charge on any atom is 0.0669 e. The van der Waals surface area contributed by atoms with Crippen molar-refractivity contribution in [3.8, 4) is 18.2 Å². The van der Waals surface area contributed by atoms with Gasteiger partial charge in [0, 0.05) is 6.42 Å². The maximum absolute atomic E-state index is 8.82. The molecule has 0 radical (unpaired) electrons. The molecule has 0 N–H and O–H groups in total. The summed E-state index contributed by atoms with van der Waals surface area (Å²) in [7, 11) is 0. The average molecular weight is 203 g/mol. The van der Waals surface area contributed by atoms with Gasteiger partial charge >= 0.3 is 0 Å². The van der Waals surface area contributed by atoms with Crippen molar-refractivity contribution in [2.45, 2.75) is 45.4 Å². The zero-order valence-electron chi connectivity index (χ0n) is 9.24. The molecule has 0 aliphatic carbocycles. The molecule has 0 saturated carbocycles. The highest BCUT2D eigenvalue weighted by Crippen LogP contribution is 2.18. The first-order chi connectivity index (χ1) is 7.26. The lowest BCUT2D eigenvalue weighted by Gasteiger charge is -2.09. The molecular weight excluding hydrogens is 186 g/mol. The monoisotopic (exact) mass is 203 g/mol. The minimum atomic E-state index is -0.172. The molecule has 3 heteroatoms. The Bertz CT molecular complexity index is 277. The SMILES string of the molecule is CC(C#N)C(C#N)CCCCCCC#N. The van der Waals surface area contributed by atoms with Crippen molar-refractivity contribution in [1.29, 1.82) is 15.8 Å². The molecule has 0 aromatic rings. The maximum atomic E-state index is 8.82. The van der Waals surface area contributed by atoms with Gasteiger partial charge in [-0.25, -0.2) is 0 Å². The van der Waals surface area contributed by atoms with Gasteiger partial charge in [-0.05, 0) is 19.8 Å². The molecule has 0 rings (SSSR count). The van der Waals surface area contributed by atoms with Crippen molar-refractivity contribution in [3.63, 3.8) is 0 Å². The van der Waals surface area contributed by atoms with E-state index < -0.39 is 0 Å². The van der Waals surface area contributed by atoms with Gasteiger partial charge in [0.15, 0.2) is 0 Å². The van der Waals surface area contributed by atoms with Crippen LogP contribution in [0.5, 0.6) is 0 Å². The van der Waals surface area contributed by atoms with Crippen molar-refractivity contribution in [2.75, 3.05) is 0 Å². The normalized spacial score (nSPS) is 13.2. The van der Waals surface area contributed by atoms with E-state index in [9.17, 15) is 0 Å². The lowest BCUT2D eigenvalue weighted by atomic mass is 9.91. The van der Waals surface area contributed by atoms with Crippen LogP contribution in [0.15, 0.2) is 0 Å². The third-order valence-corrected chi connectivity index (χ3v) is 2.53. The summed E-state index contributed by atoms with van der Waals surface area (Å²) < 4.78 is 0. The molecule has 0 amide bonds. The first-order valence-electron chi connectivity index (χ1n) is 5.42. The highest BCUT2D eigenvalue weighted by molar-refractivity contribution is 4.95. The third kappa shape index (κ3) is 6.53. The Morgan fingerprint density at radius 2 is 1.60 bits per heavy atom. The van der Waals surface area contributed by atoms with E-state index in [1.54, 1.807) is 6.92 Å². The van der Waals surface area contributed by atoms with Crippen molar-refractivity contribution in [3.05, 3.63) is 0 Å². The van der Waals surface area contributed by atoms with Crippen LogP contribution in [0.25, 0.3) is 0 Å². The molecule has 0 spiro atoms. The Hall–Kier alpha value is -1.53. The summed E-state index contributed by atoms with van der Waals surface area (Å²) in [4.78, 5) is 0. The lowest BCUT2D eigenvalue weighted by molar-refractivity contribution is 0.463. The third-order valence-electron chi connectivity index (χ3n) is 2.53. The molecule has 0 aliphatic heterocycles. The Labute approximate surface area is 91.9 Å². The van der Waals surface area contributed by atoms with Crippen LogP contribution in [0.3, 0.4) is 0 Å². The number of hydrogen-bond acceptors (Lipinski definition) is 3. The van der Waals surface area contributed by atoms with Crippen LogP contribution in [-0.2, 0) is 0 Å². The number of hydrogen-bond donors (Lipinski definition) is 0. The molecule has 0 saturated heterocycles. The van der Waals surface area contributed by atoms with E-state index in [0.29, 0.717) is 6.42 Å². The van der Waals surface area contributed by atoms with Gasteiger partial charge in [0.2, 0.25) is 0 Å². The summed E-state index contributed by atoms with van der Waals surface area (Å²) >= 11 is 0. The zero-order chi connectivity index (χ0) is 11.5. The van der Waals surface area contributed by atoms with Gasteiger partial charge in [-0.1, -0.05) is 19.3 Å². The van der Waals surface area contributed by atoms with Crippen LogP contribution in [0.4, 0.5) is 0 Å². The fourth-order valence-corrected chi connectivity index (χ4v) is 1.44. The second-order valence-electron chi connectivity index (χ2n) is 3.76. The molecule has 15 heavy (non-hydrogen) atoms. The number of nitriles is 3. The van der Waals surface area contributed by atoms with E-state index >= 15 is 0 Å². The Balaban J connectivity index is 3.54. The minimum absolute atomic E-state index is 0.133. The van der Waals surface area contributed by atoms with Gasteiger partial charge < -0.3 is 0 Å². The van der Waals surface area contributed by atoms with Crippen LogP contribution >= 0.6 is 0 Å². The predicted molar refractivity (Wildman–Crippen MR) is 57.2 cm³/mol. The van der Waals surface area contributed by atoms with Gasteiger partial charge in [0.05, 0.1) is 30.0 Å². The molecule has 0 bridgehead atoms. The molecule has 3 nitrogen and oxygen atoms in total. The van der Waals surface area contributed by atoms with E-state index in [4.69, 9.17) is 15.8 Å². The highest BCUT2D eigenvalue weighted by Gasteiger charge is 2.15. The van der Waals surface area contributed by atoms with Crippen LogP contribution in [0, 0.1) is 45.8 Å². The summed E-state index contributed by atoms with van der Waals surface area (Å²) in [5.74, 6) is -0.305. The number of nitrogens with zero attached hydrogens (tertiary/aromatic N) is 3. The largest absolute Gasteiger partial charge is 0.198 e. The number of unbranched alkanes of at least 4 members (excludes halogenated alkanes) is 4. The van der Waals surface area contributed by atoms with Gasteiger partial charge in [-0.2, -0.15) is 15.8 Å². The number of rotatable bonds is 7. The van der Waals surface area contributed by atoms with Gasteiger partial charge in [0.25, 0.3) is 0 Å². The molecule has 0 heterocycles. The molecule has 2 atom stereocenters. The fraction of sp³-hybridized carbons (Fsp3) is 0.750. The summed E-state index contributed by atoms with van der Waals surface area (Å²) in [6.45, 7) is 1.80. The molecule has 80 valence electrons. The lowest BCUT2D eigenvalue weighted by Crippen LogP contribution is -2.07. The van der Waals surface area contributed by atoms with Crippen LogP contribution in [0.2, 0.25) is 0 Å². The van der Waals surface area contributed by atoms with Crippen LogP contribution < -0.4 is 0 Å².